The van der Waals surface area contributed by atoms with Gasteiger partial charge >= 0.3 is 0 Å². The van der Waals surface area contributed by atoms with Gasteiger partial charge in [-0.05, 0) is 49.1 Å². The second kappa shape index (κ2) is 10.2. The van der Waals surface area contributed by atoms with Crippen LogP contribution in [0.3, 0.4) is 0 Å². The van der Waals surface area contributed by atoms with Crippen molar-refractivity contribution < 1.29 is 18.9 Å². The van der Waals surface area contributed by atoms with E-state index < -0.39 is 10.8 Å². The first kappa shape index (κ1) is 23.0. The average molecular weight is 460 g/mol. The van der Waals surface area contributed by atoms with E-state index in [2.05, 4.69) is 12.2 Å². The number of hydrogen-bond donors (Lipinski definition) is 1. The number of nitro groups is 1. The van der Waals surface area contributed by atoms with Gasteiger partial charge in [0.1, 0.15) is 17.2 Å². The predicted molar refractivity (Wildman–Crippen MR) is 128 cm³/mol. The molecule has 8 nitrogen and oxygen atoms in total. The summed E-state index contributed by atoms with van der Waals surface area (Å²) in [5.74, 6) is 0.447. The van der Waals surface area contributed by atoms with E-state index in [1.807, 2.05) is 0 Å². The number of nitrogens with zero attached hydrogens (tertiary/aromatic N) is 2. The van der Waals surface area contributed by atoms with Crippen molar-refractivity contribution >= 4 is 23.6 Å². The smallest absolute Gasteiger partial charge is 0.280 e. The van der Waals surface area contributed by atoms with Crippen molar-refractivity contribution in [3.05, 3.63) is 93.9 Å². The van der Waals surface area contributed by atoms with Crippen molar-refractivity contribution in [3.63, 3.8) is 0 Å². The molecule has 0 radical (unpaired) electrons. The molecule has 2 aromatic carbocycles. The topological polar surface area (TPSA) is 106 Å². The maximum atomic E-state index is 13.3. The Bertz CT molecular complexity index is 1220. The van der Waals surface area contributed by atoms with Gasteiger partial charge in [-0.25, -0.2) is 0 Å². The number of piperidine rings is 1. The summed E-state index contributed by atoms with van der Waals surface area (Å²) < 4.78 is 5.83. The molecule has 0 bridgehead atoms. The lowest BCUT2D eigenvalue weighted by Gasteiger charge is -2.31. The first-order valence-corrected chi connectivity index (χ1v) is 11.1. The van der Waals surface area contributed by atoms with E-state index >= 15 is 0 Å². The number of rotatable bonds is 6. The number of furan rings is 1. The monoisotopic (exact) mass is 459 g/mol. The highest BCUT2D eigenvalue weighted by atomic mass is 16.6. The van der Waals surface area contributed by atoms with Crippen LogP contribution in [0.5, 0.6) is 0 Å². The molecule has 1 aliphatic rings. The largest absolute Gasteiger partial charge is 0.456 e. The van der Waals surface area contributed by atoms with Crippen LogP contribution >= 0.6 is 0 Å². The molecule has 1 N–H and O–H groups in total. The Labute approximate surface area is 197 Å². The molecule has 8 heteroatoms. The van der Waals surface area contributed by atoms with Gasteiger partial charge in [0.05, 0.1) is 10.5 Å². The second-order valence-electron chi connectivity index (χ2n) is 8.33. The van der Waals surface area contributed by atoms with Crippen LogP contribution in [-0.4, -0.2) is 34.7 Å². The van der Waals surface area contributed by atoms with E-state index in [9.17, 15) is 19.7 Å². The quantitative estimate of drug-likeness (QED) is 0.321. The van der Waals surface area contributed by atoms with E-state index in [1.165, 1.54) is 12.1 Å². The van der Waals surface area contributed by atoms with E-state index in [0.717, 1.165) is 12.8 Å². The molecule has 0 atom stereocenters. The summed E-state index contributed by atoms with van der Waals surface area (Å²) in [6, 6.07) is 18.1. The van der Waals surface area contributed by atoms with E-state index in [-0.39, 0.29) is 17.3 Å². The molecule has 4 rings (SSSR count). The van der Waals surface area contributed by atoms with Gasteiger partial charge in [-0.15, -0.1) is 0 Å². The van der Waals surface area contributed by atoms with Crippen LogP contribution < -0.4 is 5.32 Å². The normalized spacial score (nSPS) is 14.6. The average Bonchev–Trinajstić information content (AvgIpc) is 3.32. The minimum absolute atomic E-state index is 0.0801. The Hall–Kier alpha value is -4.20. The van der Waals surface area contributed by atoms with Gasteiger partial charge < -0.3 is 14.6 Å². The van der Waals surface area contributed by atoms with E-state index in [1.54, 1.807) is 65.6 Å². The number of nitrogens with one attached hydrogen (secondary N) is 1. The van der Waals surface area contributed by atoms with Crippen LogP contribution in [-0.2, 0) is 4.79 Å². The minimum atomic E-state index is -0.472. The zero-order chi connectivity index (χ0) is 24.1. The zero-order valence-electron chi connectivity index (χ0n) is 18.8. The third-order valence-corrected chi connectivity index (χ3v) is 5.87. The molecule has 3 aromatic rings. The van der Waals surface area contributed by atoms with Crippen molar-refractivity contribution in [1.82, 2.24) is 10.2 Å². The summed E-state index contributed by atoms with van der Waals surface area (Å²) in [7, 11) is 0. The number of hydrogen-bond acceptors (Lipinski definition) is 5. The van der Waals surface area contributed by atoms with Crippen LogP contribution in [0.4, 0.5) is 5.69 Å². The Morgan fingerprint density at radius 2 is 1.71 bits per heavy atom. The molecule has 2 heterocycles. The number of carbonyl (C=O) groups is 2. The number of nitro benzene ring substituents is 1. The third-order valence-electron chi connectivity index (χ3n) is 5.87. The highest BCUT2D eigenvalue weighted by Gasteiger charge is 2.25. The lowest BCUT2D eigenvalue weighted by Crippen LogP contribution is -2.42. The lowest BCUT2D eigenvalue weighted by molar-refractivity contribution is -0.384. The van der Waals surface area contributed by atoms with Gasteiger partial charge in [0.2, 0.25) is 0 Å². The summed E-state index contributed by atoms with van der Waals surface area (Å²) in [5, 5.41) is 14.1. The SMILES string of the molecule is CC1CCN(C(=O)/C(=C\c2ccc(-c3ccccc3[N+](=O)[O-])o2)NC(=O)c2ccccc2)CC1. The molecule has 0 unspecified atom stereocenters. The number of carbonyl (C=O) groups excluding carboxylic acids is 2. The minimum Gasteiger partial charge on any atom is -0.456 e. The molecule has 0 spiro atoms. The van der Waals surface area contributed by atoms with Crippen molar-refractivity contribution in [3.8, 4) is 11.3 Å². The van der Waals surface area contributed by atoms with E-state index in [0.29, 0.717) is 41.7 Å². The maximum Gasteiger partial charge on any atom is 0.280 e. The first-order valence-electron chi connectivity index (χ1n) is 11.1. The number of para-hydroxylation sites is 1. The number of amides is 2. The molecular weight excluding hydrogens is 434 g/mol. The van der Waals surface area contributed by atoms with Crippen LogP contribution in [0.2, 0.25) is 0 Å². The third kappa shape index (κ3) is 5.23. The van der Waals surface area contributed by atoms with E-state index in [4.69, 9.17) is 4.42 Å². The summed E-state index contributed by atoms with van der Waals surface area (Å²) in [6.07, 6.45) is 3.27. The van der Waals surface area contributed by atoms with Gasteiger partial charge in [-0.1, -0.05) is 37.3 Å². The van der Waals surface area contributed by atoms with Gasteiger partial charge in [-0.3, -0.25) is 19.7 Å². The Morgan fingerprint density at radius 1 is 1.03 bits per heavy atom. The number of likely N-dealkylation sites (tertiary alicyclic amines) is 1. The number of benzene rings is 2. The van der Waals surface area contributed by atoms with Crippen molar-refractivity contribution in [2.24, 2.45) is 5.92 Å². The molecule has 1 saturated heterocycles. The molecule has 1 fully saturated rings. The lowest BCUT2D eigenvalue weighted by atomic mass is 9.99. The van der Waals surface area contributed by atoms with Crippen LogP contribution in [0, 0.1) is 16.0 Å². The fourth-order valence-corrected chi connectivity index (χ4v) is 3.88. The van der Waals surface area contributed by atoms with Crippen LogP contribution in [0.1, 0.15) is 35.9 Å². The summed E-state index contributed by atoms with van der Waals surface area (Å²) in [5.41, 5.74) is 0.766. The summed E-state index contributed by atoms with van der Waals surface area (Å²) >= 11 is 0. The molecule has 174 valence electrons. The molecule has 1 aromatic heterocycles. The standard InChI is InChI=1S/C26H25N3O5/c1-18-13-15-28(16-14-18)26(31)22(27-25(30)19-7-3-2-4-8-19)17-20-11-12-24(34-20)21-9-5-6-10-23(21)29(32)33/h2-12,17-18H,13-16H2,1H3,(H,27,30)/b22-17+. The van der Waals surface area contributed by atoms with Gasteiger partial charge in [-0.2, -0.15) is 0 Å². The highest BCUT2D eigenvalue weighted by Crippen LogP contribution is 2.31. The molecule has 2 amide bonds. The molecule has 34 heavy (non-hydrogen) atoms. The van der Waals surface area contributed by atoms with Crippen molar-refractivity contribution in [1.29, 1.82) is 0 Å². The Balaban J connectivity index is 1.65. The second-order valence-corrected chi connectivity index (χ2v) is 8.33. The Kier molecular flexibility index (Phi) is 6.87. The first-order chi connectivity index (χ1) is 16.4. The van der Waals surface area contributed by atoms with Crippen LogP contribution in [0.25, 0.3) is 17.4 Å². The summed E-state index contributed by atoms with van der Waals surface area (Å²) in [4.78, 5) is 38.7. The Morgan fingerprint density at radius 3 is 2.41 bits per heavy atom. The van der Waals surface area contributed by atoms with Crippen molar-refractivity contribution in [2.75, 3.05) is 13.1 Å². The highest BCUT2D eigenvalue weighted by molar-refractivity contribution is 6.05. The van der Waals surface area contributed by atoms with Gasteiger partial charge in [0.15, 0.2) is 0 Å². The zero-order valence-corrected chi connectivity index (χ0v) is 18.8. The maximum absolute atomic E-state index is 13.3. The fraction of sp³-hybridized carbons (Fsp3) is 0.231. The summed E-state index contributed by atoms with van der Waals surface area (Å²) in [6.45, 7) is 3.37. The predicted octanol–water partition coefficient (Wildman–Crippen LogP) is 4.88. The van der Waals surface area contributed by atoms with Gasteiger partial charge in [0.25, 0.3) is 17.5 Å². The van der Waals surface area contributed by atoms with Gasteiger partial charge in [0, 0.05) is 30.8 Å². The molecule has 1 aliphatic heterocycles. The van der Waals surface area contributed by atoms with Crippen LogP contribution in [0.15, 0.2) is 76.8 Å². The molecular formula is C26H25N3O5. The van der Waals surface area contributed by atoms with Crippen molar-refractivity contribution in [2.45, 2.75) is 19.8 Å². The molecule has 0 saturated carbocycles. The molecule has 0 aliphatic carbocycles. The fourth-order valence-electron chi connectivity index (χ4n) is 3.88.